The third-order valence-electron chi connectivity index (χ3n) is 5.56. The van der Waals surface area contributed by atoms with E-state index < -0.39 is 6.04 Å². The normalized spacial score (nSPS) is 15.2. The Kier molecular flexibility index (Phi) is 9.02. The fourth-order valence-corrected chi connectivity index (χ4v) is 4.18. The number of carbonyl (C=O) groups excluding carboxylic acids is 2. The topological polar surface area (TPSA) is 58.6 Å². The van der Waals surface area contributed by atoms with Gasteiger partial charge in [-0.25, -0.2) is 0 Å². The van der Waals surface area contributed by atoms with Gasteiger partial charge in [-0.05, 0) is 84.3 Å². The van der Waals surface area contributed by atoms with Gasteiger partial charge >= 0.3 is 0 Å². The number of nitrogens with zero attached hydrogens (tertiary/aromatic N) is 1. The van der Waals surface area contributed by atoms with Crippen LogP contribution in [0.25, 0.3) is 0 Å². The fraction of sp³-hybridized carbons (Fsp3) is 0.417. The molecule has 0 spiro atoms. The highest BCUT2D eigenvalue weighted by atomic mass is 127. The molecule has 2 aromatic carbocycles. The summed E-state index contributed by atoms with van der Waals surface area (Å²) in [5.74, 6) is 0.266. The third-order valence-corrected chi connectivity index (χ3v) is 6.53. The molecule has 2 aromatic rings. The molecule has 0 unspecified atom stereocenters. The van der Waals surface area contributed by atoms with Crippen LogP contribution in [0.3, 0.4) is 0 Å². The average Bonchev–Trinajstić information content (AvgIpc) is 2.78. The lowest BCUT2D eigenvalue weighted by Gasteiger charge is -2.31. The summed E-state index contributed by atoms with van der Waals surface area (Å²) in [6.45, 7) is 1.96. The van der Waals surface area contributed by atoms with Crippen molar-refractivity contribution in [1.29, 1.82) is 0 Å². The van der Waals surface area contributed by atoms with Crippen LogP contribution < -0.4 is 10.1 Å². The summed E-state index contributed by atoms with van der Waals surface area (Å²) in [5.41, 5.74) is 0.907. The summed E-state index contributed by atoms with van der Waals surface area (Å²) in [7, 11) is 0. The van der Waals surface area contributed by atoms with Crippen LogP contribution in [0.2, 0.25) is 5.02 Å². The van der Waals surface area contributed by atoms with Crippen molar-refractivity contribution in [2.24, 2.45) is 0 Å². The highest BCUT2D eigenvalue weighted by Gasteiger charge is 2.28. The van der Waals surface area contributed by atoms with Crippen LogP contribution in [0, 0.1) is 3.57 Å². The maximum atomic E-state index is 13.1. The molecule has 1 fully saturated rings. The maximum absolute atomic E-state index is 13.1. The second-order valence-electron chi connectivity index (χ2n) is 7.91. The molecular weight excluding hydrogens is 527 g/mol. The molecule has 1 atom stereocenters. The van der Waals surface area contributed by atoms with Gasteiger partial charge in [0.05, 0.1) is 0 Å². The molecule has 1 aliphatic carbocycles. The third kappa shape index (κ3) is 7.38. The van der Waals surface area contributed by atoms with E-state index in [0.29, 0.717) is 17.3 Å². The van der Waals surface area contributed by atoms with Crippen LogP contribution in [0.4, 0.5) is 0 Å². The van der Waals surface area contributed by atoms with Gasteiger partial charge in [-0.3, -0.25) is 9.59 Å². The summed E-state index contributed by atoms with van der Waals surface area (Å²) in [6, 6.07) is 14.4. The first-order valence-corrected chi connectivity index (χ1v) is 12.1. The van der Waals surface area contributed by atoms with Gasteiger partial charge < -0.3 is 15.0 Å². The lowest BCUT2D eigenvalue weighted by molar-refractivity contribution is -0.142. The Hall–Kier alpha value is -1.80. The molecule has 0 heterocycles. The lowest BCUT2D eigenvalue weighted by atomic mass is 9.95. The van der Waals surface area contributed by atoms with Gasteiger partial charge in [-0.1, -0.05) is 43.0 Å². The predicted octanol–water partition coefficient (Wildman–Crippen LogP) is 5.19. The summed E-state index contributed by atoms with van der Waals surface area (Å²) in [4.78, 5) is 27.6. The Labute approximate surface area is 202 Å². The Balaban J connectivity index is 1.69. The first kappa shape index (κ1) is 23.9. The molecule has 31 heavy (non-hydrogen) atoms. The van der Waals surface area contributed by atoms with E-state index in [2.05, 4.69) is 27.9 Å². The highest BCUT2D eigenvalue weighted by molar-refractivity contribution is 14.1. The van der Waals surface area contributed by atoms with Gasteiger partial charge in [0.2, 0.25) is 5.91 Å². The molecule has 0 aromatic heterocycles. The molecule has 5 nitrogen and oxygen atoms in total. The quantitative estimate of drug-likeness (QED) is 0.457. The van der Waals surface area contributed by atoms with Crippen molar-refractivity contribution in [3.8, 4) is 5.75 Å². The minimum absolute atomic E-state index is 0.122. The van der Waals surface area contributed by atoms with Crippen LogP contribution in [-0.2, 0) is 16.1 Å². The van der Waals surface area contributed by atoms with Crippen molar-refractivity contribution in [1.82, 2.24) is 10.2 Å². The molecule has 1 aliphatic rings. The minimum atomic E-state index is -0.606. The average molecular weight is 555 g/mol. The van der Waals surface area contributed by atoms with Gasteiger partial charge in [0.15, 0.2) is 6.61 Å². The van der Waals surface area contributed by atoms with Crippen LogP contribution >= 0.6 is 34.2 Å². The molecule has 0 radical (unpaired) electrons. The van der Waals surface area contributed by atoms with E-state index in [1.54, 1.807) is 24.0 Å². The van der Waals surface area contributed by atoms with Gasteiger partial charge in [-0.2, -0.15) is 0 Å². The van der Waals surface area contributed by atoms with Crippen molar-refractivity contribution < 1.29 is 14.3 Å². The molecular formula is C24H28ClIN2O3. The van der Waals surface area contributed by atoms with Crippen molar-refractivity contribution in [2.75, 3.05) is 6.61 Å². The molecule has 7 heteroatoms. The zero-order valence-corrected chi connectivity index (χ0v) is 20.6. The summed E-state index contributed by atoms with van der Waals surface area (Å²) < 4.78 is 6.78. The Morgan fingerprint density at radius 2 is 1.74 bits per heavy atom. The van der Waals surface area contributed by atoms with Crippen molar-refractivity contribution in [2.45, 2.75) is 57.7 Å². The van der Waals surface area contributed by atoms with Crippen LogP contribution in [0.1, 0.15) is 44.6 Å². The molecule has 2 amide bonds. The van der Waals surface area contributed by atoms with Gasteiger partial charge in [-0.15, -0.1) is 0 Å². The van der Waals surface area contributed by atoms with E-state index in [9.17, 15) is 9.59 Å². The number of carbonyl (C=O) groups is 2. The highest BCUT2D eigenvalue weighted by Crippen LogP contribution is 2.19. The van der Waals surface area contributed by atoms with Crippen molar-refractivity contribution in [3.63, 3.8) is 0 Å². The number of benzene rings is 2. The van der Waals surface area contributed by atoms with Crippen LogP contribution in [0.15, 0.2) is 48.5 Å². The van der Waals surface area contributed by atoms with Crippen LogP contribution in [-0.4, -0.2) is 35.4 Å². The number of hydrogen-bond acceptors (Lipinski definition) is 3. The van der Waals surface area contributed by atoms with Gasteiger partial charge in [0, 0.05) is 21.2 Å². The Morgan fingerprint density at radius 3 is 2.39 bits per heavy atom. The summed E-state index contributed by atoms with van der Waals surface area (Å²) in [5, 5.41) is 3.76. The number of amides is 2. The second kappa shape index (κ2) is 11.7. The Bertz CT molecular complexity index is 867. The maximum Gasteiger partial charge on any atom is 0.261 e. The van der Waals surface area contributed by atoms with E-state index in [1.165, 1.54) is 6.42 Å². The molecule has 1 saturated carbocycles. The smallest absolute Gasteiger partial charge is 0.261 e. The van der Waals surface area contributed by atoms with Crippen LogP contribution in [0.5, 0.6) is 5.75 Å². The largest absolute Gasteiger partial charge is 0.484 e. The van der Waals surface area contributed by atoms with Gasteiger partial charge in [0.25, 0.3) is 5.91 Å². The molecule has 1 N–H and O–H groups in total. The number of nitrogens with one attached hydrogen (secondary N) is 1. The van der Waals surface area contributed by atoms with E-state index in [4.69, 9.17) is 16.3 Å². The Morgan fingerprint density at radius 1 is 1.10 bits per heavy atom. The second-order valence-corrected chi connectivity index (χ2v) is 9.59. The lowest BCUT2D eigenvalue weighted by Crippen LogP contribution is -2.51. The van der Waals surface area contributed by atoms with E-state index >= 15 is 0 Å². The molecule has 0 saturated heterocycles. The first-order valence-electron chi connectivity index (χ1n) is 10.6. The first-order chi connectivity index (χ1) is 14.9. The fourth-order valence-electron chi connectivity index (χ4n) is 3.70. The SMILES string of the molecule is C[C@@H](C(=O)NC1CCCCC1)N(Cc1ccc(Cl)cc1)C(=O)COc1ccc(I)cc1. The molecule has 3 rings (SSSR count). The van der Waals surface area contributed by atoms with Crippen molar-refractivity contribution >= 4 is 46.0 Å². The monoisotopic (exact) mass is 554 g/mol. The summed E-state index contributed by atoms with van der Waals surface area (Å²) in [6.07, 6.45) is 5.49. The van der Waals surface area contributed by atoms with Gasteiger partial charge in [0.1, 0.15) is 11.8 Å². The zero-order valence-electron chi connectivity index (χ0n) is 17.7. The number of rotatable bonds is 8. The van der Waals surface area contributed by atoms with E-state index in [1.807, 2.05) is 36.4 Å². The molecule has 0 aliphatic heterocycles. The number of halogens is 2. The van der Waals surface area contributed by atoms with E-state index in [0.717, 1.165) is 34.8 Å². The predicted molar refractivity (Wildman–Crippen MR) is 131 cm³/mol. The van der Waals surface area contributed by atoms with E-state index in [-0.39, 0.29) is 24.5 Å². The zero-order chi connectivity index (χ0) is 22.2. The number of ether oxygens (including phenoxy) is 1. The standard InChI is InChI=1S/C24H28ClIN2O3/c1-17(24(30)27-21-5-3-2-4-6-21)28(15-18-7-9-19(25)10-8-18)23(29)16-31-22-13-11-20(26)12-14-22/h7-14,17,21H,2-6,15-16H2,1H3,(H,27,30)/t17-/m0/s1. The number of hydrogen-bond donors (Lipinski definition) is 1. The summed E-state index contributed by atoms with van der Waals surface area (Å²) >= 11 is 8.21. The molecule has 166 valence electrons. The minimum Gasteiger partial charge on any atom is -0.484 e. The van der Waals surface area contributed by atoms with Crippen molar-refractivity contribution in [3.05, 3.63) is 62.7 Å². The molecule has 0 bridgehead atoms.